The zero-order chi connectivity index (χ0) is 52.3. The minimum atomic E-state index is -0.461. The number of aliphatic imine (C=N–C) groups is 3. The molecule has 10 nitrogen and oxygen atoms in total. The standard InChI is InChI=1S/C69H46N8O2/c78-65-63(66(79)64(65)52-33-36-58-61-49(52)23-12-26-55(61)72-68(74-58)76(44-18-3-1-4-19-44)46-30-28-40-14-7-9-16-42(40)38-46)51-32-35-57-60-48(51)22-11-25-54(60)70-67(71-57)53-34-37-59-62-50(53)24-13-27-56(62)73-69(75-59)77(45-20-5-2-6-21-45)47-31-29-41-15-8-10-17-43(41)39-47/h1-39,48,51,78-79H,(H,70,71)(H,72,74)(H,73,75)/p-2. The first-order chi connectivity index (χ1) is 39.0. The zero-order valence-electron chi connectivity index (χ0n) is 42.2. The van der Waals surface area contributed by atoms with E-state index in [1.54, 1.807) is 0 Å². The van der Waals surface area contributed by atoms with Crippen molar-refractivity contribution >= 4 is 112 Å². The fourth-order valence-electron chi connectivity index (χ4n) is 12.4. The number of nitrogens with zero attached hydrogens (tertiary/aromatic N) is 5. The molecule has 10 heteroatoms. The summed E-state index contributed by atoms with van der Waals surface area (Å²) in [5.74, 6) is 0.854. The summed E-state index contributed by atoms with van der Waals surface area (Å²) >= 11 is 0. The van der Waals surface area contributed by atoms with Gasteiger partial charge >= 0.3 is 0 Å². The molecule has 10 aromatic rings. The molecule has 16 rings (SSSR count). The number of rotatable bonds is 7. The number of para-hydroxylation sites is 2. The van der Waals surface area contributed by atoms with Crippen LogP contribution in [0.15, 0.2) is 286 Å². The van der Waals surface area contributed by atoms with Crippen LogP contribution in [-0.4, -0.2) is 17.8 Å². The second kappa shape index (κ2) is 17.4. The van der Waals surface area contributed by atoms with Crippen LogP contribution in [0.4, 0.5) is 45.5 Å². The van der Waals surface area contributed by atoms with Crippen LogP contribution < -0.4 is 36.0 Å². The number of hydrogen-bond donors (Lipinski definition) is 3. The van der Waals surface area contributed by atoms with E-state index in [1.165, 1.54) is 5.39 Å². The maximum atomic E-state index is 14.6. The minimum Gasteiger partial charge on any atom is -0.872 e. The van der Waals surface area contributed by atoms with Crippen molar-refractivity contribution in [3.05, 3.63) is 282 Å². The minimum absolute atomic E-state index is 0.205. The molecule has 10 aromatic carbocycles. The molecular weight excluding hydrogens is 973 g/mol. The van der Waals surface area contributed by atoms with E-state index in [1.807, 2.05) is 103 Å². The van der Waals surface area contributed by atoms with Gasteiger partial charge in [-0.3, -0.25) is 9.80 Å². The number of amidine groups is 1. The Hall–Kier alpha value is -10.7. The predicted octanol–water partition coefficient (Wildman–Crippen LogP) is 14.1. The van der Waals surface area contributed by atoms with Gasteiger partial charge in [-0.2, -0.15) is 0 Å². The average molecular weight is 1020 g/mol. The third-order valence-corrected chi connectivity index (χ3v) is 16.0. The van der Waals surface area contributed by atoms with Crippen LogP contribution in [0, 0.1) is 11.8 Å². The Bertz CT molecular complexity index is 4620. The molecule has 0 aromatic heterocycles. The van der Waals surface area contributed by atoms with E-state index in [-0.39, 0.29) is 23.0 Å². The monoisotopic (exact) mass is 1020 g/mol. The first-order valence-corrected chi connectivity index (χ1v) is 26.5. The molecule has 6 aliphatic rings. The van der Waals surface area contributed by atoms with Crippen molar-refractivity contribution in [1.29, 1.82) is 0 Å². The Morgan fingerprint density at radius 1 is 0.418 bits per heavy atom. The molecule has 3 heterocycles. The Morgan fingerprint density at radius 2 is 0.949 bits per heavy atom. The van der Waals surface area contributed by atoms with Crippen molar-refractivity contribution in [2.24, 2.45) is 26.8 Å². The normalized spacial score (nSPS) is 17.6. The number of fused-ring (bicyclic) bond motifs is 2. The van der Waals surface area contributed by atoms with Gasteiger partial charge in [-0.15, -0.1) is 0 Å². The lowest BCUT2D eigenvalue weighted by Crippen LogP contribution is -2.38. The van der Waals surface area contributed by atoms with Crippen LogP contribution in [0.2, 0.25) is 0 Å². The van der Waals surface area contributed by atoms with Gasteiger partial charge in [0.2, 0.25) is 11.9 Å². The molecule has 0 spiro atoms. The smallest absolute Gasteiger partial charge is 0.213 e. The van der Waals surface area contributed by atoms with E-state index in [4.69, 9.17) is 15.0 Å². The van der Waals surface area contributed by atoms with Gasteiger partial charge in [0, 0.05) is 62.2 Å². The summed E-state index contributed by atoms with van der Waals surface area (Å²) in [5, 5.41) is 48.5. The zero-order valence-corrected chi connectivity index (χ0v) is 42.2. The largest absolute Gasteiger partial charge is 0.872 e. The second-order valence-corrected chi connectivity index (χ2v) is 20.5. The summed E-state index contributed by atoms with van der Waals surface area (Å²) < 4.78 is 0. The lowest BCUT2D eigenvalue weighted by atomic mass is 9.69. The van der Waals surface area contributed by atoms with E-state index >= 15 is 0 Å². The van der Waals surface area contributed by atoms with Crippen LogP contribution >= 0.6 is 0 Å². The maximum Gasteiger partial charge on any atom is 0.213 e. The maximum absolute atomic E-state index is 14.6. The molecule has 0 saturated carbocycles. The van der Waals surface area contributed by atoms with Crippen molar-refractivity contribution < 1.29 is 10.2 Å². The topological polar surface area (TPSA) is 126 Å². The molecular formula is C69H44N8O2-2. The van der Waals surface area contributed by atoms with Crippen LogP contribution in [0.3, 0.4) is 0 Å². The molecule has 0 bridgehead atoms. The Kier molecular flexibility index (Phi) is 9.83. The second-order valence-electron chi connectivity index (χ2n) is 20.5. The van der Waals surface area contributed by atoms with Gasteiger partial charge < -0.3 is 26.2 Å². The molecule has 3 N–H and O–H groups in total. The summed E-state index contributed by atoms with van der Waals surface area (Å²) in [6.07, 6.45) is 10.1. The Balaban J connectivity index is 0.707. The lowest BCUT2D eigenvalue weighted by molar-refractivity contribution is -0.325. The number of nitrogens with one attached hydrogen (secondary N) is 3. The molecule has 2 atom stereocenters. The molecule has 374 valence electrons. The van der Waals surface area contributed by atoms with Crippen molar-refractivity contribution in [1.82, 2.24) is 5.32 Å². The predicted molar refractivity (Wildman–Crippen MR) is 318 cm³/mol. The van der Waals surface area contributed by atoms with Crippen molar-refractivity contribution in [3.63, 3.8) is 0 Å². The van der Waals surface area contributed by atoms with Gasteiger partial charge in [0.05, 0.1) is 28.4 Å². The SMILES string of the molecule is [O-]C1=C(c2ccc3c4c(cccc24)N=C(N(c2ccccc2)c2ccc4ccccc4c2)N3)C([O-])=C1C1C=CC2=C3C(=CC=CC31)NC(c1ccc3c4c(cccc14)N=C(N(c1ccccc1)c1ccc4ccccc4c1)N3)=N2. The fraction of sp³-hybridized carbons (Fsp3) is 0.0290. The van der Waals surface area contributed by atoms with E-state index < -0.39 is 5.92 Å². The van der Waals surface area contributed by atoms with E-state index in [2.05, 4.69) is 159 Å². The molecule has 0 radical (unpaired) electrons. The summed E-state index contributed by atoms with van der Waals surface area (Å²) in [4.78, 5) is 20.1. The van der Waals surface area contributed by atoms with Crippen LogP contribution in [-0.2, 0) is 0 Å². The lowest BCUT2D eigenvalue weighted by Gasteiger charge is -2.46. The van der Waals surface area contributed by atoms with Crippen LogP contribution in [0.1, 0.15) is 11.1 Å². The van der Waals surface area contributed by atoms with E-state index in [0.29, 0.717) is 28.9 Å². The Morgan fingerprint density at radius 3 is 1.53 bits per heavy atom. The van der Waals surface area contributed by atoms with Crippen molar-refractivity contribution in [2.45, 2.75) is 0 Å². The van der Waals surface area contributed by atoms with E-state index in [9.17, 15) is 10.2 Å². The quantitative estimate of drug-likeness (QED) is 0.145. The summed E-state index contributed by atoms with van der Waals surface area (Å²) in [6.45, 7) is 0. The van der Waals surface area contributed by atoms with Crippen molar-refractivity contribution in [2.75, 3.05) is 20.4 Å². The van der Waals surface area contributed by atoms with Crippen LogP contribution in [0.25, 0.3) is 48.7 Å². The molecule has 0 saturated heterocycles. The summed E-state index contributed by atoms with van der Waals surface area (Å²) in [7, 11) is 0. The van der Waals surface area contributed by atoms with Gasteiger partial charge in [-0.1, -0.05) is 163 Å². The third kappa shape index (κ3) is 7.01. The average Bonchev–Trinajstić information content (AvgIpc) is 3.56. The molecule has 79 heavy (non-hydrogen) atoms. The highest BCUT2D eigenvalue weighted by Crippen LogP contribution is 2.52. The molecule has 2 unspecified atom stereocenters. The number of guanidine groups is 2. The van der Waals surface area contributed by atoms with Crippen molar-refractivity contribution in [3.8, 4) is 0 Å². The molecule has 0 fully saturated rings. The molecule has 3 aliphatic carbocycles. The van der Waals surface area contributed by atoms with Gasteiger partial charge in [0.15, 0.2) is 0 Å². The first-order valence-electron chi connectivity index (χ1n) is 26.5. The van der Waals surface area contributed by atoms with Crippen LogP contribution in [0.5, 0.6) is 0 Å². The van der Waals surface area contributed by atoms with Gasteiger partial charge in [0.1, 0.15) is 5.84 Å². The molecule has 3 aliphatic heterocycles. The Labute approximate surface area is 454 Å². The summed E-state index contributed by atoms with van der Waals surface area (Å²) in [6, 6.07) is 70.3. The van der Waals surface area contributed by atoms with Gasteiger partial charge in [-0.05, 0) is 134 Å². The van der Waals surface area contributed by atoms with E-state index in [0.717, 1.165) is 106 Å². The first kappa shape index (κ1) is 44.6. The number of allylic oxidation sites excluding steroid dienone is 8. The number of anilines is 6. The number of hydrogen-bond acceptors (Lipinski definition) is 10. The highest BCUT2D eigenvalue weighted by molar-refractivity contribution is 6.24. The highest BCUT2D eigenvalue weighted by Gasteiger charge is 2.38. The number of benzene rings is 10. The third-order valence-electron chi connectivity index (χ3n) is 16.0. The van der Waals surface area contributed by atoms with Gasteiger partial charge in [0.25, 0.3) is 0 Å². The van der Waals surface area contributed by atoms with Gasteiger partial charge in [-0.25, -0.2) is 15.0 Å². The summed E-state index contributed by atoms with van der Waals surface area (Å²) in [5.41, 5.74) is 11.9. The molecule has 0 amide bonds. The fourth-order valence-corrected chi connectivity index (χ4v) is 12.4. The highest BCUT2D eigenvalue weighted by atomic mass is 16.3.